The molecule has 7 heteroatoms. The Morgan fingerprint density at radius 3 is 3.00 bits per heavy atom. The van der Waals surface area contributed by atoms with Crippen molar-refractivity contribution >= 4 is 5.84 Å². The lowest BCUT2D eigenvalue weighted by Crippen LogP contribution is -2.25. The quantitative estimate of drug-likeness (QED) is 0.294. The third-order valence-electron chi connectivity index (χ3n) is 2.09. The van der Waals surface area contributed by atoms with Gasteiger partial charge in [-0.1, -0.05) is 5.16 Å². The van der Waals surface area contributed by atoms with Crippen LogP contribution in [0.5, 0.6) is 0 Å². The van der Waals surface area contributed by atoms with E-state index >= 15 is 0 Å². The molecule has 0 unspecified atom stereocenters. The van der Waals surface area contributed by atoms with Gasteiger partial charge in [0.05, 0.1) is 6.54 Å². The van der Waals surface area contributed by atoms with Crippen LogP contribution in [0.3, 0.4) is 0 Å². The summed E-state index contributed by atoms with van der Waals surface area (Å²) < 4.78 is 1.72. The van der Waals surface area contributed by atoms with E-state index in [0.717, 1.165) is 5.82 Å². The molecule has 1 rings (SSSR count). The Kier molecular flexibility index (Phi) is 4.04. The first-order chi connectivity index (χ1) is 7.13. The molecule has 0 saturated heterocycles. The Morgan fingerprint density at radius 2 is 2.47 bits per heavy atom. The number of rotatable bonds is 5. The van der Waals surface area contributed by atoms with Gasteiger partial charge in [0.2, 0.25) is 0 Å². The number of amidine groups is 1. The summed E-state index contributed by atoms with van der Waals surface area (Å²) in [5.41, 5.74) is 5.36. The zero-order valence-corrected chi connectivity index (χ0v) is 8.96. The predicted octanol–water partition coefficient (Wildman–Crippen LogP) is -0.617. The lowest BCUT2D eigenvalue weighted by molar-refractivity contribution is 0.305. The summed E-state index contributed by atoms with van der Waals surface area (Å²) in [6.07, 6.45) is 2.05. The highest BCUT2D eigenvalue weighted by atomic mass is 16.4. The molecule has 0 aliphatic carbocycles. The second-order valence-corrected chi connectivity index (χ2v) is 3.38. The van der Waals surface area contributed by atoms with Crippen molar-refractivity contribution in [2.45, 2.75) is 13.0 Å². The second-order valence-electron chi connectivity index (χ2n) is 3.38. The van der Waals surface area contributed by atoms with Gasteiger partial charge in [0, 0.05) is 20.0 Å². The van der Waals surface area contributed by atoms with Crippen molar-refractivity contribution in [1.82, 2.24) is 19.7 Å². The van der Waals surface area contributed by atoms with Crippen LogP contribution in [-0.4, -0.2) is 44.3 Å². The molecule has 0 saturated carbocycles. The van der Waals surface area contributed by atoms with Crippen LogP contribution < -0.4 is 5.73 Å². The van der Waals surface area contributed by atoms with Crippen molar-refractivity contribution < 1.29 is 5.21 Å². The maximum atomic E-state index is 8.37. The molecule has 15 heavy (non-hydrogen) atoms. The van der Waals surface area contributed by atoms with Gasteiger partial charge in [-0.15, -0.1) is 0 Å². The van der Waals surface area contributed by atoms with Crippen LogP contribution in [0.15, 0.2) is 11.5 Å². The first-order valence-corrected chi connectivity index (χ1v) is 4.61. The van der Waals surface area contributed by atoms with Crippen molar-refractivity contribution in [3.8, 4) is 0 Å². The van der Waals surface area contributed by atoms with E-state index in [1.165, 1.54) is 6.33 Å². The standard InChI is InChI=1S/C8H16N6O/c1-13(4-3-7(9)12-15)5-8-10-6-11-14(8)2/h6,15H,3-5H2,1-2H3,(H2,9,12). The van der Waals surface area contributed by atoms with E-state index in [1.807, 2.05) is 19.0 Å². The largest absolute Gasteiger partial charge is 0.409 e. The van der Waals surface area contributed by atoms with E-state index in [1.54, 1.807) is 4.68 Å². The highest BCUT2D eigenvalue weighted by molar-refractivity contribution is 5.79. The Hall–Kier alpha value is -1.63. The maximum Gasteiger partial charge on any atom is 0.140 e. The zero-order valence-electron chi connectivity index (χ0n) is 8.96. The van der Waals surface area contributed by atoms with Crippen LogP contribution in [0.1, 0.15) is 12.2 Å². The van der Waals surface area contributed by atoms with E-state index in [-0.39, 0.29) is 5.84 Å². The molecule has 0 radical (unpaired) electrons. The van der Waals surface area contributed by atoms with E-state index in [9.17, 15) is 0 Å². The van der Waals surface area contributed by atoms with Gasteiger partial charge in [-0.25, -0.2) is 4.98 Å². The fraction of sp³-hybridized carbons (Fsp3) is 0.625. The number of nitrogens with two attached hydrogens (primary N) is 1. The molecule has 84 valence electrons. The van der Waals surface area contributed by atoms with Crippen molar-refractivity contribution in [2.24, 2.45) is 17.9 Å². The SMILES string of the molecule is CN(CCC(N)=NO)Cc1ncnn1C. The minimum Gasteiger partial charge on any atom is -0.409 e. The molecule has 0 fully saturated rings. The minimum atomic E-state index is 0.236. The van der Waals surface area contributed by atoms with Crippen LogP contribution in [-0.2, 0) is 13.6 Å². The summed E-state index contributed by atoms with van der Waals surface area (Å²) in [6, 6.07) is 0. The molecule has 0 amide bonds. The first-order valence-electron chi connectivity index (χ1n) is 4.61. The number of nitrogens with zero attached hydrogens (tertiary/aromatic N) is 5. The van der Waals surface area contributed by atoms with E-state index in [2.05, 4.69) is 15.2 Å². The molecule has 1 heterocycles. The molecular formula is C8H16N6O. The van der Waals surface area contributed by atoms with Gasteiger partial charge < -0.3 is 10.9 Å². The molecule has 3 N–H and O–H groups in total. The summed E-state index contributed by atoms with van der Waals surface area (Å²) in [5.74, 6) is 1.12. The Bertz CT molecular complexity index is 334. The number of aryl methyl sites for hydroxylation is 1. The monoisotopic (exact) mass is 212 g/mol. The van der Waals surface area contributed by atoms with Gasteiger partial charge in [-0.05, 0) is 7.05 Å². The van der Waals surface area contributed by atoms with Crippen molar-refractivity contribution in [2.75, 3.05) is 13.6 Å². The first kappa shape index (κ1) is 11.4. The van der Waals surface area contributed by atoms with Gasteiger partial charge in [-0.3, -0.25) is 9.58 Å². The van der Waals surface area contributed by atoms with Gasteiger partial charge in [0.25, 0.3) is 0 Å². The molecular weight excluding hydrogens is 196 g/mol. The van der Waals surface area contributed by atoms with Crippen molar-refractivity contribution in [3.63, 3.8) is 0 Å². The summed E-state index contributed by atoms with van der Waals surface area (Å²) in [5, 5.41) is 15.2. The normalized spacial score (nSPS) is 12.3. The van der Waals surface area contributed by atoms with Crippen LogP contribution in [0, 0.1) is 0 Å². The average Bonchev–Trinajstić information content (AvgIpc) is 2.61. The van der Waals surface area contributed by atoms with Gasteiger partial charge >= 0.3 is 0 Å². The molecule has 1 aromatic heterocycles. The van der Waals surface area contributed by atoms with Crippen LogP contribution in [0.25, 0.3) is 0 Å². The number of hydrogen-bond donors (Lipinski definition) is 2. The molecule has 0 spiro atoms. The third-order valence-corrected chi connectivity index (χ3v) is 2.09. The minimum absolute atomic E-state index is 0.236. The Morgan fingerprint density at radius 1 is 1.73 bits per heavy atom. The van der Waals surface area contributed by atoms with E-state index in [0.29, 0.717) is 19.5 Å². The smallest absolute Gasteiger partial charge is 0.140 e. The summed E-state index contributed by atoms with van der Waals surface area (Å²) in [4.78, 5) is 6.13. The zero-order chi connectivity index (χ0) is 11.3. The van der Waals surface area contributed by atoms with Crippen LogP contribution >= 0.6 is 0 Å². The third kappa shape index (κ3) is 3.55. The molecule has 0 aliphatic rings. The molecule has 0 bridgehead atoms. The summed E-state index contributed by atoms with van der Waals surface area (Å²) in [6.45, 7) is 1.40. The van der Waals surface area contributed by atoms with Crippen LogP contribution in [0.4, 0.5) is 0 Å². The number of oxime groups is 1. The van der Waals surface area contributed by atoms with E-state index in [4.69, 9.17) is 10.9 Å². The lowest BCUT2D eigenvalue weighted by Gasteiger charge is -2.14. The van der Waals surface area contributed by atoms with Crippen LogP contribution in [0.2, 0.25) is 0 Å². The second kappa shape index (κ2) is 5.30. The molecule has 1 aromatic rings. The fourth-order valence-electron chi connectivity index (χ4n) is 1.14. The molecule has 7 nitrogen and oxygen atoms in total. The highest BCUT2D eigenvalue weighted by Gasteiger charge is 2.05. The van der Waals surface area contributed by atoms with Gasteiger partial charge in [0.1, 0.15) is 18.0 Å². The topological polar surface area (TPSA) is 92.6 Å². The summed E-state index contributed by atoms with van der Waals surface area (Å²) >= 11 is 0. The summed E-state index contributed by atoms with van der Waals surface area (Å²) in [7, 11) is 3.79. The molecule has 0 aliphatic heterocycles. The lowest BCUT2D eigenvalue weighted by atomic mass is 10.3. The maximum absolute atomic E-state index is 8.37. The molecule has 0 aromatic carbocycles. The van der Waals surface area contributed by atoms with Gasteiger partial charge in [-0.2, -0.15) is 5.10 Å². The van der Waals surface area contributed by atoms with Crippen molar-refractivity contribution in [3.05, 3.63) is 12.2 Å². The Labute approximate surface area is 88.2 Å². The predicted molar refractivity (Wildman–Crippen MR) is 55.4 cm³/mol. The molecule has 0 atom stereocenters. The van der Waals surface area contributed by atoms with Crippen molar-refractivity contribution in [1.29, 1.82) is 0 Å². The highest BCUT2D eigenvalue weighted by Crippen LogP contribution is 1.97. The fourth-order valence-corrected chi connectivity index (χ4v) is 1.14. The van der Waals surface area contributed by atoms with Gasteiger partial charge in [0.15, 0.2) is 0 Å². The van der Waals surface area contributed by atoms with E-state index < -0.39 is 0 Å². The Balaban J connectivity index is 2.37. The number of hydrogen-bond acceptors (Lipinski definition) is 5. The average molecular weight is 212 g/mol. The number of aromatic nitrogens is 3.